The number of halogens is 1. The van der Waals surface area contributed by atoms with Gasteiger partial charge in [0.05, 0.1) is 16.3 Å². The van der Waals surface area contributed by atoms with Crippen molar-refractivity contribution < 1.29 is 9.18 Å². The van der Waals surface area contributed by atoms with Gasteiger partial charge in [0.1, 0.15) is 11.9 Å². The van der Waals surface area contributed by atoms with Crippen LogP contribution in [0.4, 0.5) is 9.52 Å². The predicted molar refractivity (Wildman–Crippen MR) is 113 cm³/mol. The highest BCUT2D eigenvalue weighted by Gasteiger charge is 2.22. The largest absolute Gasteiger partial charge is 0.350 e. The van der Waals surface area contributed by atoms with Crippen molar-refractivity contribution in [1.29, 1.82) is 0 Å². The lowest BCUT2D eigenvalue weighted by Gasteiger charge is -2.21. The molecule has 4 aromatic rings. The van der Waals surface area contributed by atoms with Gasteiger partial charge in [-0.25, -0.2) is 9.37 Å². The van der Waals surface area contributed by atoms with Crippen molar-refractivity contribution in [3.8, 4) is 0 Å². The molecule has 142 valence electrons. The number of thiophene rings is 1. The maximum absolute atomic E-state index is 13.3. The summed E-state index contributed by atoms with van der Waals surface area (Å²) >= 11 is 3.07. The third-order valence-electron chi connectivity index (χ3n) is 4.34. The number of benzene rings is 2. The van der Waals surface area contributed by atoms with Crippen LogP contribution >= 0.6 is 22.7 Å². The van der Waals surface area contributed by atoms with Crippen LogP contribution in [-0.4, -0.2) is 16.9 Å². The maximum atomic E-state index is 13.3. The molecule has 2 N–H and O–H groups in total. The number of fused-ring (bicyclic) bond motifs is 1. The van der Waals surface area contributed by atoms with Crippen molar-refractivity contribution in [3.05, 3.63) is 82.3 Å². The molecule has 7 heteroatoms. The zero-order valence-electron chi connectivity index (χ0n) is 15.1. The van der Waals surface area contributed by atoms with Gasteiger partial charge in [-0.1, -0.05) is 41.7 Å². The molecule has 0 fully saturated rings. The maximum Gasteiger partial charge on any atom is 0.243 e. The summed E-state index contributed by atoms with van der Waals surface area (Å²) in [6.45, 7) is 1.80. The Bertz CT molecular complexity index is 1040. The summed E-state index contributed by atoms with van der Waals surface area (Å²) in [7, 11) is 0. The molecular formula is C21H18FN3OS2. The Labute approximate surface area is 170 Å². The summed E-state index contributed by atoms with van der Waals surface area (Å²) < 4.78 is 14.4. The van der Waals surface area contributed by atoms with Crippen molar-refractivity contribution in [1.82, 2.24) is 10.3 Å². The lowest BCUT2D eigenvalue weighted by Crippen LogP contribution is -2.39. The molecule has 4 rings (SSSR count). The fourth-order valence-corrected chi connectivity index (χ4v) is 4.64. The van der Waals surface area contributed by atoms with Gasteiger partial charge in [-0.05, 0) is 48.2 Å². The number of nitrogens with zero attached hydrogens (tertiary/aromatic N) is 1. The number of carbonyl (C=O) groups is 1. The molecule has 28 heavy (non-hydrogen) atoms. The first-order valence-corrected chi connectivity index (χ1v) is 10.5. The number of anilines is 1. The first-order valence-electron chi connectivity index (χ1n) is 8.81. The van der Waals surface area contributed by atoms with Crippen molar-refractivity contribution in [2.24, 2.45) is 0 Å². The summed E-state index contributed by atoms with van der Waals surface area (Å²) in [5.41, 5.74) is 1.75. The first kappa shape index (κ1) is 18.6. The second-order valence-corrected chi connectivity index (χ2v) is 8.37. The summed E-state index contributed by atoms with van der Waals surface area (Å²) in [5.74, 6) is -0.451. The van der Waals surface area contributed by atoms with Crippen LogP contribution in [0.2, 0.25) is 0 Å². The number of hydrogen-bond acceptors (Lipinski definition) is 5. The average Bonchev–Trinajstić information content (AvgIpc) is 3.36. The molecule has 0 aliphatic heterocycles. The van der Waals surface area contributed by atoms with Gasteiger partial charge < -0.3 is 10.6 Å². The van der Waals surface area contributed by atoms with Crippen LogP contribution < -0.4 is 10.6 Å². The van der Waals surface area contributed by atoms with Crippen molar-refractivity contribution >= 4 is 43.9 Å². The fourth-order valence-electron chi connectivity index (χ4n) is 2.88. The van der Waals surface area contributed by atoms with Gasteiger partial charge in [-0.15, -0.1) is 11.3 Å². The second-order valence-electron chi connectivity index (χ2n) is 6.36. The first-order chi connectivity index (χ1) is 13.6. The van der Waals surface area contributed by atoms with Crippen LogP contribution in [0.15, 0.2) is 66.0 Å². The number of rotatable bonds is 6. The number of thiazole rings is 1. The number of para-hydroxylation sites is 1. The molecule has 0 bridgehead atoms. The average molecular weight is 412 g/mol. The normalized spacial score (nSPS) is 13.2. The summed E-state index contributed by atoms with van der Waals surface area (Å²) in [5, 5.41) is 8.92. The highest BCUT2D eigenvalue weighted by Crippen LogP contribution is 2.28. The van der Waals surface area contributed by atoms with E-state index in [-0.39, 0.29) is 17.8 Å². The van der Waals surface area contributed by atoms with Gasteiger partial charge in [0.15, 0.2) is 5.13 Å². The molecule has 0 spiro atoms. The summed E-state index contributed by atoms with van der Waals surface area (Å²) in [6, 6.07) is 17.2. The van der Waals surface area contributed by atoms with Crippen LogP contribution in [0.25, 0.3) is 10.2 Å². The number of aromatic nitrogens is 1. The molecule has 2 heterocycles. The summed E-state index contributed by atoms with van der Waals surface area (Å²) in [6.07, 6.45) is 0. The minimum Gasteiger partial charge on any atom is -0.350 e. The Morgan fingerprint density at radius 3 is 2.57 bits per heavy atom. The van der Waals surface area contributed by atoms with E-state index in [1.54, 1.807) is 30.4 Å². The smallest absolute Gasteiger partial charge is 0.243 e. The molecule has 0 aliphatic carbocycles. The zero-order valence-corrected chi connectivity index (χ0v) is 16.7. The highest BCUT2D eigenvalue weighted by atomic mass is 32.1. The van der Waals surface area contributed by atoms with E-state index in [9.17, 15) is 9.18 Å². The van der Waals surface area contributed by atoms with E-state index in [1.807, 2.05) is 41.8 Å². The molecule has 1 amide bonds. The minimum atomic E-state index is -0.469. The molecule has 2 atom stereocenters. The number of amides is 1. The van der Waals surface area contributed by atoms with E-state index in [0.717, 1.165) is 20.7 Å². The second kappa shape index (κ2) is 8.08. The molecular weight excluding hydrogens is 393 g/mol. The SMILES string of the molecule is C[C@H](Nc1nc2ccccc2s1)C(=O)N[C@@H](c1ccc(F)cc1)c1cccs1. The van der Waals surface area contributed by atoms with E-state index >= 15 is 0 Å². The third-order valence-corrected chi connectivity index (χ3v) is 6.25. The van der Waals surface area contributed by atoms with E-state index in [0.29, 0.717) is 5.13 Å². The summed E-state index contributed by atoms with van der Waals surface area (Å²) in [4.78, 5) is 18.4. The topological polar surface area (TPSA) is 54.0 Å². The molecule has 4 nitrogen and oxygen atoms in total. The molecule has 0 aliphatic rings. The van der Waals surface area contributed by atoms with Gasteiger partial charge in [0, 0.05) is 4.88 Å². The Balaban J connectivity index is 1.51. The van der Waals surface area contributed by atoms with Crippen LogP contribution in [-0.2, 0) is 4.79 Å². The zero-order chi connectivity index (χ0) is 19.5. The van der Waals surface area contributed by atoms with Gasteiger partial charge in [-0.2, -0.15) is 0 Å². The van der Waals surface area contributed by atoms with E-state index < -0.39 is 6.04 Å². The van der Waals surface area contributed by atoms with Crippen molar-refractivity contribution in [2.75, 3.05) is 5.32 Å². The minimum absolute atomic E-state index is 0.151. The van der Waals surface area contributed by atoms with Crippen LogP contribution in [0.5, 0.6) is 0 Å². The molecule has 0 saturated heterocycles. The van der Waals surface area contributed by atoms with Gasteiger partial charge >= 0.3 is 0 Å². The highest BCUT2D eigenvalue weighted by molar-refractivity contribution is 7.22. The van der Waals surface area contributed by atoms with Gasteiger partial charge in [0.2, 0.25) is 5.91 Å². The quantitative estimate of drug-likeness (QED) is 0.458. The molecule has 0 radical (unpaired) electrons. The number of nitrogens with one attached hydrogen (secondary N) is 2. The van der Waals surface area contributed by atoms with Crippen LogP contribution in [0, 0.1) is 5.82 Å². The monoisotopic (exact) mass is 411 g/mol. The predicted octanol–water partition coefficient (Wildman–Crippen LogP) is 5.20. The lowest BCUT2D eigenvalue weighted by molar-refractivity contribution is -0.122. The van der Waals surface area contributed by atoms with Gasteiger partial charge in [0.25, 0.3) is 0 Å². The standard InChI is InChI=1S/C21H18FN3OS2/c1-13(23-21-24-16-5-2-3-6-17(16)28-21)20(26)25-19(18-7-4-12-27-18)14-8-10-15(22)11-9-14/h2-13,19H,1H3,(H,23,24)(H,25,26)/t13-,19-/m0/s1. The molecule has 0 saturated carbocycles. The van der Waals surface area contributed by atoms with E-state index in [2.05, 4.69) is 15.6 Å². The Hall–Kier alpha value is -2.77. The van der Waals surface area contributed by atoms with Crippen molar-refractivity contribution in [3.63, 3.8) is 0 Å². The van der Waals surface area contributed by atoms with E-state index in [4.69, 9.17) is 0 Å². The van der Waals surface area contributed by atoms with Crippen molar-refractivity contribution in [2.45, 2.75) is 19.0 Å². The lowest BCUT2D eigenvalue weighted by atomic mass is 10.0. The fraction of sp³-hybridized carbons (Fsp3) is 0.143. The number of hydrogen-bond donors (Lipinski definition) is 2. The third kappa shape index (κ3) is 4.05. The molecule has 2 aromatic heterocycles. The number of carbonyl (C=O) groups excluding carboxylic acids is 1. The van der Waals surface area contributed by atoms with E-state index in [1.165, 1.54) is 23.5 Å². The molecule has 0 unspecified atom stereocenters. The van der Waals surface area contributed by atoms with Crippen LogP contribution in [0.3, 0.4) is 0 Å². The van der Waals surface area contributed by atoms with Gasteiger partial charge in [-0.3, -0.25) is 4.79 Å². The Morgan fingerprint density at radius 2 is 1.86 bits per heavy atom. The molecule has 2 aromatic carbocycles. The Morgan fingerprint density at radius 1 is 1.07 bits per heavy atom. The Kier molecular flexibility index (Phi) is 5.36. The van der Waals surface area contributed by atoms with Crippen LogP contribution in [0.1, 0.15) is 23.4 Å².